The Morgan fingerprint density at radius 3 is 1.98 bits per heavy atom. The minimum atomic E-state index is -0.538. The average Bonchev–Trinajstić information content (AvgIpc) is 3.51. The molecule has 0 radical (unpaired) electrons. The zero-order valence-electron chi connectivity index (χ0n) is 30.4. The van der Waals surface area contributed by atoms with E-state index in [2.05, 4.69) is 20.5 Å². The highest BCUT2D eigenvalue weighted by Crippen LogP contribution is 2.47. The van der Waals surface area contributed by atoms with E-state index in [1.54, 1.807) is 78.9 Å². The summed E-state index contributed by atoms with van der Waals surface area (Å²) in [4.78, 5) is 57.0. The number of hydrogen-bond acceptors (Lipinski definition) is 13. The first kappa shape index (κ1) is 35.5. The topological polar surface area (TPSA) is 200 Å². The van der Waals surface area contributed by atoms with E-state index < -0.39 is 16.7 Å². The highest BCUT2D eigenvalue weighted by Gasteiger charge is 2.32. The third-order valence-corrected chi connectivity index (χ3v) is 10.2. The molecule has 2 aliphatic rings. The van der Waals surface area contributed by atoms with Crippen molar-refractivity contribution in [1.82, 2.24) is 4.90 Å². The van der Waals surface area contributed by atoms with Gasteiger partial charge < -0.3 is 10.2 Å². The standard InChI is InChI=1S/C43H27N7O8/c1-48-42(54)31-12-6-11-30-37(31)34(43(48)55)21-36(51)38(30)46-44-23-13-15-28-29-16-14-24(19-33(29)40(52)32(28)18-23)45-47-39-27-10-4-3-7-22(27)17-35(41(39)53)49(58-2)25-8-5-9-26(20-25)50(56)57/h3-21,51,53H,1-2H3. The van der Waals surface area contributed by atoms with Gasteiger partial charge in [0.15, 0.2) is 11.5 Å². The molecule has 2 N–H and O–H groups in total. The molecule has 282 valence electrons. The Morgan fingerprint density at radius 2 is 1.29 bits per heavy atom. The number of carbonyl (C=O) groups is 3. The van der Waals surface area contributed by atoms with Crippen molar-refractivity contribution in [1.29, 1.82) is 0 Å². The summed E-state index contributed by atoms with van der Waals surface area (Å²) in [5.41, 5.74) is 3.71. The van der Waals surface area contributed by atoms with Gasteiger partial charge in [-0.25, -0.2) is 5.06 Å². The van der Waals surface area contributed by atoms with Gasteiger partial charge in [-0.2, -0.15) is 10.2 Å². The fraction of sp³-hybridized carbons (Fsp3) is 0.0465. The van der Waals surface area contributed by atoms with Gasteiger partial charge in [-0.3, -0.25) is 34.2 Å². The van der Waals surface area contributed by atoms with Crippen LogP contribution >= 0.6 is 0 Å². The molecule has 7 aromatic carbocycles. The molecular weight excluding hydrogens is 743 g/mol. The highest BCUT2D eigenvalue weighted by molar-refractivity contribution is 6.27. The van der Waals surface area contributed by atoms with E-state index in [-0.39, 0.29) is 45.6 Å². The lowest BCUT2D eigenvalue weighted by molar-refractivity contribution is -0.384. The van der Waals surface area contributed by atoms with Crippen molar-refractivity contribution in [3.63, 3.8) is 0 Å². The van der Waals surface area contributed by atoms with Gasteiger partial charge in [0.2, 0.25) is 0 Å². The van der Waals surface area contributed by atoms with Crippen LogP contribution in [0.2, 0.25) is 0 Å². The number of aromatic hydroxyl groups is 2. The summed E-state index contributed by atoms with van der Waals surface area (Å²) in [6, 6.07) is 30.9. The summed E-state index contributed by atoms with van der Waals surface area (Å²) in [6.07, 6.45) is 0. The molecule has 0 saturated heterocycles. The van der Waals surface area contributed by atoms with Gasteiger partial charge in [0, 0.05) is 52.0 Å². The number of imide groups is 1. The lowest BCUT2D eigenvalue weighted by atomic mass is 9.93. The maximum atomic E-state index is 13.8. The lowest BCUT2D eigenvalue weighted by Gasteiger charge is -2.24. The summed E-state index contributed by atoms with van der Waals surface area (Å²) in [5.74, 6) is -1.88. The van der Waals surface area contributed by atoms with Crippen molar-refractivity contribution in [2.24, 2.45) is 20.5 Å². The normalized spacial score (nSPS) is 13.3. The number of azo groups is 2. The Labute approximate surface area is 327 Å². The minimum Gasteiger partial charge on any atom is -0.506 e. The fourth-order valence-electron chi connectivity index (χ4n) is 7.39. The number of ketones is 1. The van der Waals surface area contributed by atoms with Crippen LogP contribution in [-0.2, 0) is 4.84 Å². The van der Waals surface area contributed by atoms with E-state index in [9.17, 15) is 34.7 Å². The number of anilines is 2. The number of nitro groups is 1. The number of fused-ring (bicyclic) bond motifs is 4. The number of amides is 2. The Kier molecular flexibility index (Phi) is 8.29. The molecule has 0 unspecified atom stereocenters. The number of benzene rings is 7. The second-order valence-corrected chi connectivity index (χ2v) is 13.4. The van der Waals surface area contributed by atoms with E-state index >= 15 is 0 Å². The summed E-state index contributed by atoms with van der Waals surface area (Å²) in [6.45, 7) is 0. The second-order valence-electron chi connectivity index (χ2n) is 13.4. The molecule has 58 heavy (non-hydrogen) atoms. The molecule has 1 aliphatic heterocycles. The van der Waals surface area contributed by atoms with Crippen LogP contribution in [0.3, 0.4) is 0 Å². The fourth-order valence-corrected chi connectivity index (χ4v) is 7.39. The van der Waals surface area contributed by atoms with Gasteiger partial charge >= 0.3 is 0 Å². The van der Waals surface area contributed by atoms with Crippen LogP contribution in [0.15, 0.2) is 136 Å². The van der Waals surface area contributed by atoms with Crippen molar-refractivity contribution in [3.8, 4) is 22.6 Å². The molecule has 1 heterocycles. The molecule has 1 aliphatic carbocycles. The summed E-state index contributed by atoms with van der Waals surface area (Å²) < 4.78 is 0. The van der Waals surface area contributed by atoms with Crippen molar-refractivity contribution in [2.75, 3.05) is 19.2 Å². The zero-order chi connectivity index (χ0) is 40.4. The third-order valence-electron chi connectivity index (χ3n) is 10.2. The number of nitrogens with zero attached hydrogens (tertiary/aromatic N) is 7. The molecule has 0 aromatic heterocycles. The smallest absolute Gasteiger partial charge is 0.271 e. The Hall–Kier alpha value is -8.17. The zero-order valence-corrected chi connectivity index (χ0v) is 30.4. The van der Waals surface area contributed by atoms with E-state index in [4.69, 9.17) is 4.84 Å². The van der Waals surface area contributed by atoms with E-state index in [1.807, 2.05) is 12.1 Å². The van der Waals surface area contributed by atoms with Crippen molar-refractivity contribution in [2.45, 2.75) is 0 Å². The maximum absolute atomic E-state index is 13.8. The summed E-state index contributed by atoms with van der Waals surface area (Å²) >= 11 is 0. The van der Waals surface area contributed by atoms with Gasteiger partial charge in [-0.15, -0.1) is 10.2 Å². The molecule has 0 spiro atoms. The molecule has 7 aromatic rings. The molecule has 9 rings (SSSR count). The SMILES string of the molecule is CON(c1cccc([N+](=O)[O-])c1)c1cc2ccccc2c(N=Nc2ccc3c(c2)C(=O)c2cc(N=Nc4c(O)cc5c6c(cccc46)C(=O)N(C)C5=O)ccc2-3)c1O. The predicted octanol–water partition coefficient (Wildman–Crippen LogP) is 10.3. The van der Waals surface area contributed by atoms with Gasteiger partial charge in [0.1, 0.15) is 22.8 Å². The van der Waals surface area contributed by atoms with Gasteiger partial charge in [0.25, 0.3) is 17.5 Å². The highest BCUT2D eigenvalue weighted by atomic mass is 16.7. The van der Waals surface area contributed by atoms with Crippen LogP contribution in [0.25, 0.3) is 32.7 Å². The van der Waals surface area contributed by atoms with E-state index in [0.717, 1.165) is 4.90 Å². The van der Waals surface area contributed by atoms with Crippen LogP contribution in [0.1, 0.15) is 36.6 Å². The van der Waals surface area contributed by atoms with Crippen molar-refractivity contribution in [3.05, 3.63) is 148 Å². The first-order valence-corrected chi connectivity index (χ1v) is 17.6. The average molecular weight is 770 g/mol. The number of nitro benzene ring substituents is 1. The van der Waals surface area contributed by atoms with Crippen LogP contribution in [0.5, 0.6) is 11.5 Å². The number of rotatable bonds is 8. The quantitative estimate of drug-likeness (QED) is 0.0653. The third kappa shape index (κ3) is 5.60. The number of hydrogen-bond donors (Lipinski definition) is 2. The van der Waals surface area contributed by atoms with Crippen LogP contribution in [0.4, 0.5) is 39.8 Å². The molecule has 0 saturated carbocycles. The molecule has 0 bridgehead atoms. The van der Waals surface area contributed by atoms with Gasteiger partial charge in [-0.05, 0) is 65.0 Å². The number of non-ortho nitro benzene ring substituents is 1. The van der Waals surface area contributed by atoms with E-state index in [1.165, 1.54) is 43.5 Å². The van der Waals surface area contributed by atoms with Gasteiger partial charge in [0.05, 0.1) is 34.7 Å². The number of phenolic OH excluding ortho intramolecular Hbond substituents is 2. The van der Waals surface area contributed by atoms with Crippen LogP contribution in [0, 0.1) is 10.1 Å². The largest absolute Gasteiger partial charge is 0.506 e. The van der Waals surface area contributed by atoms with E-state index in [0.29, 0.717) is 66.4 Å². The Bertz CT molecular complexity index is 3050. The molecule has 0 atom stereocenters. The van der Waals surface area contributed by atoms with Crippen molar-refractivity contribution >= 4 is 79.0 Å². The molecule has 2 amide bonds. The first-order valence-electron chi connectivity index (χ1n) is 17.6. The Morgan fingerprint density at radius 1 is 0.655 bits per heavy atom. The van der Waals surface area contributed by atoms with Crippen LogP contribution in [-0.4, -0.2) is 51.8 Å². The maximum Gasteiger partial charge on any atom is 0.271 e. The monoisotopic (exact) mass is 769 g/mol. The summed E-state index contributed by atoms with van der Waals surface area (Å²) in [5, 5.41) is 54.7. The predicted molar refractivity (Wildman–Crippen MR) is 214 cm³/mol. The first-order chi connectivity index (χ1) is 28.0. The lowest BCUT2D eigenvalue weighted by Crippen LogP contribution is -2.36. The molecular formula is C43H27N7O8. The molecule has 0 fully saturated rings. The second kappa shape index (κ2) is 13.5. The number of phenols is 2. The Balaban J connectivity index is 1.03. The summed E-state index contributed by atoms with van der Waals surface area (Å²) in [7, 11) is 2.75. The number of carbonyl (C=O) groups excluding carboxylic acids is 3. The minimum absolute atomic E-state index is 0.0687. The molecule has 15 nitrogen and oxygen atoms in total. The van der Waals surface area contributed by atoms with Gasteiger partial charge in [-0.1, -0.05) is 54.6 Å². The van der Waals surface area contributed by atoms with Crippen molar-refractivity contribution < 1.29 is 34.4 Å². The molecule has 15 heteroatoms. The van der Waals surface area contributed by atoms with Crippen LogP contribution < -0.4 is 5.06 Å².